The Morgan fingerprint density at radius 1 is 1.22 bits per heavy atom. The van der Waals surface area contributed by atoms with Crippen molar-refractivity contribution in [2.45, 2.75) is 13.5 Å². The highest BCUT2D eigenvalue weighted by Crippen LogP contribution is 2.21. The summed E-state index contributed by atoms with van der Waals surface area (Å²) >= 11 is 0. The summed E-state index contributed by atoms with van der Waals surface area (Å²) < 4.78 is 0. The Balaban J connectivity index is 2.36. The molecule has 92 valence electrons. The molecule has 0 unspecified atom stereocenters. The van der Waals surface area contributed by atoms with Crippen LogP contribution < -0.4 is 5.73 Å². The van der Waals surface area contributed by atoms with Gasteiger partial charge in [-0.3, -0.25) is 15.1 Å². The van der Waals surface area contributed by atoms with Gasteiger partial charge in [0.1, 0.15) is 0 Å². The Hall–Kier alpha value is -2.27. The first kappa shape index (κ1) is 12.2. The van der Waals surface area contributed by atoms with Crippen molar-refractivity contribution < 1.29 is 4.92 Å². The standard InChI is InChI=1S/C13H13N3O2/c1-9-11(8-14)4-7-13(15-9)10-2-5-12(6-3-10)16(17)18/h2-7H,8,14H2,1H3. The Morgan fingerprint density at radius 2 is 1.89 bits per heavy atom. The van der Waals surface area contributed by atoms with Gasteiger partial charge in [0.25, 0.3) is 5.69 Å². The van der Waals surface area contributed by atoms with Crippen molar-refractivity contribution in [1.29, 1.82) is 0 Å². The van der Waals surface area contributed by atoms with Crippen LogP contribution in [0.3, 0.4) is 0 Å². The van der Waals surface area contributed by atoms with Gasteiger partial charge in [-0.1, -0.05) is 6.07 Å². The summed E-state index contributed by atoms with van der Waals surface area (Å²) in [7, 11) is 0. The Kier molecular flexibility index (Phi) is 3.34. The molecule has 2 N–H and O–H groups in total. The molecule has 0 amide bonds. The average Bonchev–Trinajstić information content (AvgIpc) is 2.38. The number of nitro groups is 1. The molecule has 0 bridgehead atoms. The number of rotatable bonds is 3. The topological polar surface area (TPSA) is 82.0 Å². The molecule has 1 aromatic heterocycles. The lowest BCUT2D eigenvalue weighted by Gasteiger charge is -2.05. The fourth-order valence-electron chi connectivity index (χ4n) is 1.72. The molecule has 0 saturated carbocycles. The van der Waals surface area contributed by atoms with Gasteiger partial charge in [-0.05, 0) is 30.7 Å². The second-order valence-corrected chi connectivity index (χ2v) is 3.95. The van der Waals surface area contributed by atoms with Crippen LogP contribution in [0.5, 0.6) is 0 Å². The van der Waals surface area contributed by atoms with Crippen molar-refractivity contribution in [2.75, 3.05) is 0 Å². The fourth-order valence-corrected chi connectivity index (χ4v) is 1.72. The van der Waals surface area contributed by atoms with E-state index >= 15 is 0 Å². The van der Waals surface area contributed by atoms with Gasteiger partial charge in [0.15, 0.2) is 0 Å². The maximum atomic E-state index is 10.6. The number of nitrogens with zero attached hydrogens (tertiary/aromatic N) is 2. The SMILES string of the molecule is Cc1nc(-c2ccc([N+](=O)[O-])cc2)ccc1CN. The molecule has 1 aromatic carbocycles. The van der Waals surface area contributed by atoms with Gasteiger partial charge in [-0.15, -0.1) is 0 Å². The Bertz CT molecular complexity index is 579. The van der Waals surface area contributed by atoms with E-state index in [0.717, 1.165) is 22.5 Å². The van der Waals surface area contributed by atoms with E-state index in [2.05, 4.69) is 4.98 Å². The van der Waals surface area contributed by atoms with Gasteiger partial charge in [0, 0.05) is 29.9 Å². The normalized spacial score (nSPS) is 10.3. The second kappa shape index (κ2) is 4.93. The number of benzene rings is 1. The largest absolute Gasteiger partial charge is 0.326 e. The van der Waals surface area contributed by atoms with Crippen LogP contribution >= 0.6 is 0 Å². The second-order valence-electron chi connectivity index (χ2n) is 3.95. The number of aryl methyl sites for hydroxylation is 1. The summed E-state index contributed by atoms with van der Waals surface area (Å²) in [5, 5.41) is 10.6. The van der Waals surface area contributed by atoms with E-state index < -0.39 is 4.92 Å². The van der Waals surface area contributed by atoms with Crippen LogP contribution in [0.4, 0.5) is 5.69 Å². The van der Waals surface area contributed by atoms with Crippen molar-refractivity contribution in [3.63, 3.8) is 0 Å². The summed E-state index contributed by atoms with van der Waals surface area (Å²) in [6.45, 7) is 2.36. The van der Waals surface area contributed by atoms with Crippen LogP contribution in [0.25, 0.3) is 11.3 Å². The fraction of sp³-hybridized carbons (Fsp3) is 0.154. The van der Waals surface area contributed by atoms with Crippen LogP contribution in [0.15, 0.2) is 36.4 Å². The van der Waals surface area contributed by atoms with E-state index in [9.17, 15) is 10.1 Å². The first-order chi connectivity index (χ1) is 8.61. The van der Waals surface area contributed by atoms with E-state index in [1.807, 2.05) is 19.1 Å². The highest BCUT2D eigenvalue weighted by molar-refractivity contribution is 5.61. The quantitative estimate of drug-likeness (QED) is 0.663. The first-order valence-electron chi connectivity index (χ1n) is 5.53. The van der Waals surface area contributed by atoms with Crippen LogP contribution in [0, 0.1) is 17.0 Å². The smallest absolute Gasteiger partial charge is 0.269 e. The maximum Gasteiger partial charge on any atom is 0.269 e. The molecule has 1 heterocycles. The molecule has 0 radical (unpaired) electrons. The van der Waals surface area contributed by atoms with E-state index in [-0.39, 0.29) is 5.69 Å². The highest BCUT2D eigenvalue weighted by Gasteiger charge is 2.07. The molecule has 2 rings (SSSR count). The summed E-state index contributed by atoms with van der Waals surface area (Å²) in [4.78, 5) is 14.6. The molecule has 0 saturated heterocycles. The lowest BCUT2D eigenvalue weighted by molar-refractivity contribution is -0.384. The molecule has 5 nitrogen and oxygen atoms in total. The molecule has 0 atom stereocenters. The lowest BCUT2D eigenvalue weighted by atomic mass is 10.1. The van der Waals surface area contributed by atoms with Crippen LogP contribution in [-0.4, -0.2) is 9.91 Å². The summed E-state index contributed by atoms with van der Waals surface area (Å²) in [5.41, 5.74) is 9.18. The van der Waals surface area contributed by atoms with E-state index in [4.69, 9.17) is 5.73 Å². The molecular formula is C13H13N3O2. The first-order valence-corrected chi connectivity index (χ1v) is 5.53. The van der Waals surface area contributed by atoms with Gasteiger partial charge in [-0.25, -0.2) is 0 Å². The summed E-state index contributed by atoms with van der Waals surface area (Å²) in [6.07, 6.45) is 0. The zero-order valence-corrected chi connectivity index (χ0v) is 9.96. The molecule has 2 aromatic rings. The zero-order valence-electron chi connectivity index (χ0n) is 9.96. The number of pyridine rings is 1. The molecular weight excluding hydrogens is 230 g/mol. The van der Waals surface area contributed by atoms with E-state index in [1.54, 1.807) is 12.1 Å². The minimum Gasteiger partial charge on any atom is -0.326 e. The monoisotopic (exact) mass is 243 g/mol. The third kappa shape index (κ3) is 2.36. The van der Waals surface area contributed by atoms with Gasteiger partial charge in [0.05, 0.1) is 10.6 Å². The number of hydrogen-bond donors (Lipinski definition) is 1. The van der Waals surface area contributed by atoms with Crippen LogP contribution in [0.2, 0.25) is 0 Å². The van der Waals surface area contributed by atoms with Crippen molar-refractivity contribution >= 4 is 5.69 Å². The Morgan fingerprint density at radius 3 is 2.39 bits per heavy atom. The van der Waals surface area contributed by atoms with Crippen molar-refractivity contribution in [2.24, 2.45) is 5.73 Å². The predicted molar refractivity (Wildman–Crippen MR) is 69.0 cm³/mol. The number of hydrogen-bond acceptors (Lipinski definition) is 4. The van der Waals surface area contributed by atoms with Gasteiger partial charge < -0.3 is 5.73 Å². The minimum atomic E-state index is -0.417. The number of aromatic nitrogens is 1. The highest BCUT2D eigenvalue weighted by atomic mass is 16.6. The molecule has 18 heavy (non-hydrogen) atoms. The van der Waals surface area contributed by atoms with Crippen LogP contribution in [0.1, 0.15) is 11.3 Å². The number of nitro benzene ring substituents is 1. The van der Waals surface area contributed by atoms with Gasteiger partial charge >= 0.3 is 0 Å². The molecule has 5 heteroatoms. The van der Waals surface area contributed by atoms with Crippen LogP contribution in [-0.2, 0) is 6.54 Å². The molecule has 0 spiro atoms. The molecule has 0 fully saturated rings. The molecule has 0 aliphatic carbocycles. The minimum absolute atomic E-state index is 0.0778. The third-order valence-electron chi connectivity index (χ3n) is 2.79. The number of non-ortho nitro benzene ring substituents is 1. The third-order valence-corrected chi connectivity index (χ3v) is 2.79. The molecule has 0 aliphatic heterocycles. The maximum absolute atomic E-state index is 10.6. The lowest BCUT2D eigenvalue weighted by Crippen LogP contribution is -2.01. The predicted octanol–water partition coefficient (Wildman–Crippen LogP) is 2.42. The zero-order chi connectivity index (χ0) is 13.1. The van der Waals surface area contributed by atoms with Crippen molar-refractivity contribution in [3.05, 3.63) is 57.8 Å². The van der Waals surface area contributed by atoms with Gasteiger partial charge in [0.2, 0.25) is 0 Å². The van der Waals surface area contributed by atoms with E-state index in [0.29, 0.717) is 6.54 Å². The van der Waals surface area contributed by atoms with Gasteiger partial charge in [-0.2, -0.15) is 0 Å². The van der Waals surface area contributed by atoms with E-state index in [1.165, 1.54) is 12.1 Å². The Labute approximate surface area is 104 Å². The molecule has 0 aliphatic rings. The van der Waals surface area contributed by atoms with Crippen molar-refractivity contribution in [1.82, 2.24) is 4.98 Å². The average molecular weight is 243 g/mol. The number of nitrogens with two attached hydrogens (primary N) is 1. The van der Waals surface area contributed by atoms with Crippen molar-refractivity contribution in [3.8, 4) is 11.3 Å². The summed E-state index contributed by atoms with van der Waals surface area (Å²) in [6, 6.07) is 10.1. The summed E-state index contributed by atoms with van der Waals surface area (Å²) in [5.74, 6) is 0.